The topological polar surface area (TPSA) is 69.4 Å². The lowest BCUT2D eigenvalue weighted by molar-refractivity contribution is -0.385. The maximum Gasteiger partial charge on any atom is 0.312 e. The van der Waals surface area contributed by atoms with E-state index in [-0.39, 0.29) is 12.2 Å². The van der Waals surface area contributed by atoms with Gasteiger partial charge in [0, 0.05) is 22.8 Å². The second kappa shape index (κ2) is 7.68. The molecule has 23 heavy (non-hydrogen) atoms. The summed E-state index contributed by atoms with van der Waals surface area (Å²) in [4.78, 5) is 22.1. The van der Waals surface area contributed by atoms with E-state index in [0.717, 1.165) is 30.0 Å². The van der Waals surface area contributed by atoms with Crippen LogP contribution in [0.25, 0.3) is 0 Å². The molecule has 0 atom stereocenters. The summed E-state index contributed by atoms with van der Waals surface area (Å²) in [5, 5.41) is 10.8. The summed E-state index contributed by atoms with van der Waals surface area (Å²) >= 11 is 1.12. The van der Waals surface area contributed by atoms with Gasteiger partial charge in [-0.05, 0) is 18.2 Å². The van der Waals surface area contributed by atoms with Crippen LogP contribution in [-0.4, -0.2) is 16.6 Å². The first-order valence-corrected chi connectivity index (χ1v) is 7.48. The van der Waals surface area contributed by atoms with Crippen LogP contribution in [0.1, 0.15) is 6.42 Å². The normalized spacial score (nSPS) is 10.3. The highest BCUT2D eigenvalue weighted by atomic mass is 32.2. The zero-order valence-corrected chi connectivity index (χ0v) is 12.5. The minimum Gasteiger partial charge on any atom is -0.419 e. The van der Waals surface area contributed by atoms with E-state index in [2.05, 4.69) is 0 Å². The third kappa shape index (κ3) is 4.75. The van der Waals surface area contributed by atoms with Gasteiger partial charge in [-0.15, -0.1) is 11.8 Å². The van der Waals surface area contributed by atoms with Crippen molar-refractivity contribution in [3.8, 4) is 5.75 Å². The molecule has 0 N–H and O–H groups in total. The van der Waals surface area contributed by atoms with Crippen LogP contribution in [0, 0.1) is 21.7 Å². The first-order valence-electron chi connectivity index (χ1n) is 6.49. The van der Waals surface area contributed by atoms with Gasteiger partial charge in [0.25, 0.3) is 0 Å². The van der Waals surface area contributed by atoms with Gasteiger partial charge in [0.15, 0.2) is 0 Å². The Hall–Kier alpha value is -2.48. The summed E-state index contributed by atoms with van der Waals surface area (Å²) in [5.41, 5.74) is -0.499. The van der Waals surface area contributed by atoms with Gasteiger partial charge in [-0.1, -0.05) is 12.1 Å². The lowest BCUT2D eigenvalue weighted by Crippen LogP contribution is -2.10. The zero-order valence-electron chi connectivity index (χ0n) is 11.7. The van der Waals surface area contributed by atoms with E-state index in [9.17, 15) is 23.7 Å². The van der Waals surface area contributed by atoms with Crippen molar-refractivity contribution in [2.75, 3.05) is 5.75 Å². The van der Waals surface area contributed by atoms with Crippen molar-refractivity contribution >= 4 is 23.4 Å². The quantitative estimate of drug-likeness (QED) is 0.262. The molecule has 2 rings (SSSR count). The number of thioether (sulfide) groups is 1. The van der Waals surface area contributed by atoms with Gasteiger partial charge in [-0.2, -0.15) is 0 Å². The minimum atomic E-state index is -0.768. The van der Waals surface area contributed by atoms with Crippen LogP contribution in [0.5, 0.6) is 5.75 Å². The predicted molar refractivity (Wildman–Crippen MR) is 80.4 cm³/mol. The first kappa shape index (κ1) is 16.9. The van der Waals surface area contributed by atoms with E-state index >= 15 is 0 Å². The van der Waals surface area contributed by atoms with Crippen LogP contribution in [0.3, 0.4) is 0 Å². The highest BCUT2D eigenvalue weighted by Crippen LogP contribution is 2.28. The van der Waals surface area contributed by atoms with E-state index in [4.69, 9.17) is 4.74 Å². The Labute approximate surface area is 134 Å². The Balaban J connectivity index is 1.94. The molecular weight excluding hydrogens is 328 g/mol. The molecule has 0 amide bonds. The number of hydrogen-bond acceptors (Lipinski definition) is 5. The summed E-state index contributed by atoms with van der Waals surface area (Å²) in [6.45, 7) is 0. The van der Waals surface area contributed by atoms with Gasteiger partial charge in [0.05, 0.1) is 11.3 Å². The number of esters is 1. The number of nitrogens with zero attached hydrogens (tertiary/aromatic N) is 1. The van der Waals surface area contributed by atoms with Crippen LogP contribution < -0.4 is 4.74 Å². The van der Waals surface area contributed by atoms with Gasteiger partial charge in [-0.25, -0.2) is 8.78 Å². The highest BCUT2D eigenvalue weighted by molar-refractivity contribution is 7.99. The van der Waals surface area contributed by atoms with E-state index in [1.54, 1.807) is 18.2 Å². The number of carbonyl (C=O) groups is 1. The number of hydrogen-bond donors (Lipinski definition) is 0. The van der Waals surface area contributed by atoms with E-state index in [1.807, 2.05) is 0 Å². The van der Waals surface area contributed by atoms with Crippen LogP contribution >= 0.6 is 11.8 Å². The fraction of sp³-hybridized carbons (Fsp3) is 0.133. The molecule has 0 heterocycles. The third-order valence-corrected chi connectivity index (χ3v) is 3.79. The number of carbonyl (C=O) groups excluding carboxylic acids is 1. The average molecular weight is 339 g/mol. The molecule has 0 saturated heterocycles. The van der Waals surface area contributed by atoms with Gasteiger partial charge < -0.3 is 4.74 Å². The van der Waals surface area contributed by atoms with Gasteiger partial charge in [-0.3, -0.25) is 14.9 Å². The molecule has 2 aromatic rings. The molecule has 2 aromatic carbocycles. The molecule has 0 aromatic heterocycles. The number of ether oxygens (including phenoxy) is 1. The fourth-order valence-electron chi connectivity index (χ4n) is 1.70. The molecule has 8 heteroatoms. The van der Waals surface area contributed by atoms with Crippen LogP contribution in [0.4, 0.5) is 14.5 Å². The van der Waals surface area contributed by atoms with Crippen molar-refractivity contribution < 1.29 is 23.2 Å². The third-order valence-electron chi connectivity index (χ3n) is 2.74. The lowest BCUT2D eigenvalue weighted by Gasteiger charge is -2.05. The summed E-state index contributed by atoms with van der Waals surface area (Å²) in [6.07, 6.45) is -0.104. The number of benzene rings is 2. The number of nitro groups is 1. The Bertz CT molecular complexity index is 739. The Morgan fingerprint density at radius 2 is 1.96 bits per heavy atom. The standard InChI is InChI=1S/C15H11F2NO4S/c16-10-5-6-12(18(20)21)13(9-10)22-15(19)7-8-23-14-4-2-1-3-11(14)17/h1-6,9H,7-8H2. The number of halogens is 2. The van der Waals surface area contributed by atoms with Gasteiger partial charge in [0.2, 0.25) is 5.75 Å². The molecule has 120 valence electrons. The van der Waals surface area contributed by atoms with Crippen molar-refractivity contribution in [2.45, 2.75) is 11.3 Å². The van der Waals surface area contributed by atoms with Crippen molar-refractivity contribution in [3.05, 3.63) is 64.2 Å². The van der Waals surface area contributed by atoms with Crippen LogP contribution in [0.2, 0.25) is 0 Å². The average Bonchev–Trinajstić information content (AvgIpc) is 2.49. The highest BCUT2D eigenvalue weighted by Gasteiger charge is 2.19. The van der Waals surface area contributed by atoms with Gasteiger partial charge in [0.1, 0.15) is 11.6 Å². The Morgan fingerprint density at radius 3 is 2.65 bits per heavy atom. The second-order valence-electron chi connectivity index (χ2n) is 4.37. The molecule has 0 aliphatic heterocycles. The number of nitro benzene ring substituents is 1. The van der Waals surface area contributed by atoms with Crippen molar-refractivity contribution in [2.24, 2.45) is 0 Å². The summed E-state index contributed by atoms with van der Waals surface area (Å²) in [5.74, 6) is -2.13. The smallest absolute Gasteiger partial charge is 0.312 e. The zero-order chi connectivity index (χ0) is 16.8. The number of rotatable bonds is 6. The van der Waals surface area contributed by atoms with E-state index in [0.29, 0.717) is 4.90 Å². The molecule has 0 aliphatic rings. The lowest BCUT2D eigenvalue weighted by atomic mass is 10.3. The monoisotopic (exact) mass is 339 g/mol. The largest absolute Gasteiger partial charge is 0.419 e. The van der Waals surface area contributed by atoms with E-state index < -0.39 is 34.0 Å². The minimum absolute atomic E-state index is 0.104. The second-order valence-corrected chi connectivity index (χ2v) is 5.51. The molecule has 0 saturated carbocycles. The summed E-state index contributed by atoms with van der Waals surface area (Å²) in [7, 11) is 0. The molecule has 0 bridgehead atoms. The molecule has 5 nitrogen and oxygen atoms in total. The van der Waals surface area contributed by atoms with Crippen LogP contribution in [-0.2, 0) is 4.79 Å². The van der Waals surface area contributed by atoms with E-state index in [1.165, 1.54) is 6.07 Å². The Morgan fingerprint density at radius 1 is 1.22 bits per heavy atom. The predicted octanol–water partition coefficient (Wildman–Crippen LogP) is 3.96. The first-order chi connectivity index (χ1) is 11.0. The molecule has 0 fully saturated rings. The molecule has 0 unspecified atom stereocenters. The Kier molecular flexibility index (Phi) is 5.64. The van der Waals surface area contributed by atoms with Crippen LogP contribution in [0.15, 0.2) is 47.4 Å². The van der Waals surface area contributed by atoms with Crippen molar-refractivity contribution in [1.29, 1.82) is 0 Å². The van der Waals surface area contributed by atoms with Crippen molar-refractivity contribution in [3.63, 3.8) is 0 Å². The fourth-order valence-corrected chi connectivity index (χ4v) is 2.57. The maximum atomic E-state index is 13.4. The molecule has 0 aliphatic carbocycles. The van der Waals surface area contributed by atoms with Crippen molar-refractivity contribution in [1.82, 2.24) is 0 Å². The summed E-state index contributed by atoms with van der Waals surface area (Å²) in [6, 6.07) is 8.70. The maximum absolute atomic E-state index is 13.4. The SMILES string of the molecule is O=C(CCSc1ccccc1F)Oc1cc(F)ccc1[N+](=O)[O-]. The molecule has 0 spiro atoms. The van der Waals surface area contributed by atoms with Gasteiger partial charge >= 0.3 is 11.7 Å². The molecule has 0 radical (unpaired) electrons. The molecular formula is C15H11F2NO4S. The summed E-state index contributed by atoms with van der Waals surface area (Å²) < 4.78 is 31.3.